The van der Waals surface area contributed by atoms with Crippen LogP contribution in [0.25, 0.3) is 0 Å². The van der Waals surface area contributed by atoms with Gasteiger partial charge in [-0.3, -0.25) is 9.80 Å². The van der Waals surface area contributed by atoms with Crippen molar-refractivity contribution in [1.29, 1.82) is 0 Å². The van der Waals surface area contributed by atoms with Crippen molar-refractivity contribution in [2.45, 2.75) is 0 Å². The Morgan fingerprint density at radius 3 is 0.792 bits per heavy atom. The first kappa shape index (κ1) is 40.4. The molecule has 114 valence electrons. The molecule has 0 aliphatic rings. The Hall–Kier alpha value is 6.01. The van der Waals surface area contributed by atoms with Crippen molar-refractivity contribution in [1.82, 2.24) is 9.80 Å². The van der Waals surface area contributed by atoms with Gasteiger partial charge in [-0.05, 0) is 0 Å². The van der Waals surface area contributed by atoms with E-state index in [9.17, 15) is 39.6 Å². The number of hydrogen-bond donors (Lipinski definition) is 0. The minimum Gasteiger partial charge on any atom is -0.549 e. The van der Waals surface area contributed by atoms with Crippen LogP contribution in [0, 0.1) is 0 Å². The molecule has 14 heteroatoms. The van der Waals surface area contributed by atoms with Crippen LogP contribution in [0.5, 0.6) is 0 Å². The third-order valence-electron chi connectivity index (χ3n) is 2.14. The minimum absolute atomic E-state index is 0. The summed E-state index contributed by atoms with van der Waals surface area (Å²) in [4.78, 5) is 43.4. The number of carbonyl (C=O) groups is 4. The van der Waals surface area contributed by atoms with E-state index >= 15 is 0 Å². The average Bonchev–Trinajstić information content (AvgIpc) is 2.22. The fraction of sp³-hybridized carbons (Fsp3) is 0.600. The standard InChI is InChI=1S/C10H16N2O8.4Cs/c13-7(14)3-11(4-8(15)16)1-2-12(5-9(17)18)6-10(19)20;;;;/h1-6H2,(H,13,14)(H,15,16)(H,17,18)(H,19,20);;;;/q;4*+1/p-4. The van der Waals surface area contributed by atoms with Crippen LogP contribution in [-0.2, 0) is 19.2 Å². The van der Waals surface area contributed by atoms with E-state index in [0.29, 0.717) is 0 Å². The third-order valence-corrected chi connectivity index (χ3v) is 2.14. The topological polar surface area (TPSA) is 167 Å². The molecule has 0 heterocycles. The van der Waals surface area contributed by atoms with Crippen molar-refractivity contribution in [2.75, 3.05) is 39.3 Å². The number of carboxylic acid groups (broad SMARTS) is 4. The molecule has 0 amide bonds. The van der Waals surface area contributed by atoms with Crippen LogP contribution < -0.4 is 296 Å². The molecular weight excluding hydrogens is 808 g/mol. The number of rotatable bonds is 11. The summed E-state index contributed by atoms with van der Waals surface area (Å²) in [6, 6.07) is 0. The summed E-state index contributed by atoms with van der Waals surface area (Å²) in [5.41, 5.74) is 0. The molecule has 0 atom stereocenters. The zero-order chi connectivity index (χ0) is 15.7. The first-order valence-corrected chi connectivity index (χ1v) is 5.44. The van der Waals surface area contributed by atoms with Crippen molar-refractivity contribution < 1.29 is 315 Å². The van der Waals surface area contributed by atoms with Gasteiger partial charge in [0.25, 0.3) is 0 Å². The SMILES string of the molecule is O=C([O-])CN(CCN(CC(=O)[O-])CC(=O)[O-])CC(=O)[O-].[Cs+].[Cs+].[Cs+].[Cs+]. The summed E-state index contributed by atoms with van der Waals surface area (Å²) in [5.74, 6) is -6.12. The van der Waals surface area contributed by atoms with E-state index in [4.69, 9.17) is 0 Å². The van der Waals surface area contributed by atoms with E-state index < -0.39 is 50.1 Å². The molecule has 0 aliphatic heterocycles. The fourth-order valence-corrected chi connectivity index (χ4v) is 1.44. The van der Waals surface area contributed by atoms with Gasteiger partial charge in [0, 0.05) is 39.3 Å². The zero-order valence-electron chi connectivity index (χ0n) is 14.4. The van der Waals surface area contributed by atoms with Crippen LogP contribution >= 0.6 is 0 Å². The van der Waals surface area contributed by atoms with E-state index in [1.807, 2.05) is 0 Å². The maximum atomic E-state index is 10.4. The van der Waals surface area contributed by atoms with E-state index in [-0.39, 0.29) is 289 Å². The molecular formula is C10H12Cs4N2O8. The Labute approximate surface area is 375 Å². The van der Waals surface area contributed by atoms with E-state index in [0.717, 1.165) is 9.80 Å². The predicted molar refractivity (Wildman–Crippen MR) is 52.9 cm³/mol. The van der Waals surface area contributed by atoms with E-state index in [1.54, 1.807) is 0 Å². The van der Waals surface area contributed by atoms with Gasteiger partial charge in [0.15, 0.2) is 0 Å². The number of carboxylic acids is 4. The molecule has 0 spiro atoms. The van der Waals surface area contributed by atoms with Crippen molar-refractivity contribution in [2.24, 2.45) is 0 Å². The van der Waals surface area contributed by atoms with Gasteiger partial charge in [-0.2, -0.15) is 0 Å². The maximum Gasteiger partial charge on any atom is 1.00 e. The second-order valence-corrected chi connectivity index (χ2v) is 3.91. The van der Waals surface area contributed by atoms with E-state index in [1.165, 1.54) is 0 Å². The van der Waals surface area contributed by atoms with Gasteiger partial charge in [-0.25, -0.2) is 0 Å². The molecule has 0 bridgehead atoms. The molecule has 0 saturated heterocycles. The van der Waals surface area contributed by atoms with Crippen molar-refractivity contribution in [3.63, 3.8) is 0 Å². The van der Waals surface area contributed by atoms with Crippen molar-refractivity contribution in [3.05, 3.63) is 0 Å². The van der Waals surface area contributed by atoms with Crippen molar-refractivity contribution in [3.8, 4) is 0 Å². The van der Waals surface area contributed by atoms with Gasteiger partial charge >= 0.3 is 276 Å². The van der Waals surface area contributed by atoms with Crippen LogP contribution in [0.2, 0.25) is 0 Å². The Morgan fingerprint density at radius 2 is 0.667 bits per heavy atom. The summed E-state index contributed by atoms with van der Waals surface area (Å²) in [6.45, 7) is -3.25. The predicted octanol–water partition coefficient (Wildman–Crippen LogP) is -19.4. The Bertz CT molecular complexity index is 331. The summed E-state index contributed by atoms with van der Waals surface area (Å²) in [5, 5.41) is 41.6. The molecule has 0 unspecified atom stereocenters. The summed E-state index contributed by atoms with van der Waals surface area (Å²) in [6.07, 6.45) is 0. The first-order chi connectivity index (χ1) is 9.20. The number of aliphatic carboxylic acids is 4. The van der Waals surface area contributed by atoms with Gasteiger partial charge in [0.2, 0.25) is 0 Å². The number of nitrogens with zero attached hydrogens (tertiary/aromatic N) is 2. The molecule has 0 aromatic carbocycles. The van der Waals surface area contributed by atoms with Crippen LogP contribution in [0.4, 0.5) is 0 Å². The Balaban J connectivity index is -0.000000301. The summed E-state index contributed by atoms with van der Waals surface area (Å²) in [7, 11) is 0. The molecule has 0 rings (SSSR count). The average molecular weight is 820 g/mol. The van der Waals surface area contributed by atoms with Gasteiger partial charge < -0.3 is 39.6 Å². The first-order valence-electron chi connectivity index (χ1n) is 5.44. The summed E-state index contributed by atoms with van der Waals surface area (Å²) < 4.78 is 0. The molecule has 0 radical (unpaired) electrons. The molecule has 24 heavy (non-hydrogen) atoms. The van der Waals surface area contributed by atoms with Crippen LogP contribution in [0.1, 0.15) is 0 Å². The van der Waals surface area contributed by atoms with Gasteiger partial charge in [0.1, 0.15) is 0 Å². The Morgan fingerprint density at radius 1 is 0.500 bits per heavy atom. The monoisotopic (exact) mass is 820 g/mol. The molecule has 0 N–H and O–H groups in total. The molecule has 10 nitrogen and oxygen atoms in total. The fourth-order valence-electron chi connectivity index (χ4n) is 1.44. The smallest absolute Gasteiger partial charge is 0.549 e. The number of hydrogen-bond acceptors (Lipinski definition) is 10. The quantitative estimate of drug-likeness (QED) is 0.196. The van der Waals surface area contributed by atoms with E-state index in [2.05, 4.69) is 0 Å². The second-order valence-electron chi connectivity index (χ2n) is 3.91. The normalized spacial score (nSPS) is 8.92. The minimum atomic E-state index is -1.53. The maximum absolute atomic E-state index is 10.4. The molecule has 0 fully saturated rings. The third kappa shape index (κ3) is 28.0. The zero-order valence-corrected chi connectivity index (χ0v) is 39.5. The van der Waals surface area contributed by atoms with Gasteiger partial charge in [-0.15, -0.1) is 0 Å². The molecule has 0 aromatic heterocycles. The molecule has 0 saturated carbocycles. The van der Waals surface area contributed by atoms with Crippen LogP contribution in [0.3, 0.4) is 0 Å². The number of carbonyl (C=O) groups excluding carboxylic acids is 4. The second kappa shape index (κ2) is 25.3. The van der Waals surface area contributed by atoms with Crippen LogP contribution in [-0.4, -0.2) is 72.9 Å². The van der Waals surface area contributed by atoms with Gasteiger partial charge in [-0.1, -0.05) is 0 Å². The largest absolute Gasteiger partial charge is 1.00 e. The van der Waals surface area contributed by atoms with Crippen molar-refractivity contribution >= 4 is 23.9 Å². The Kier molecular flexibility index (Phi) is 42.5. The molecule has 0 aromatic rings. The summed E-state index contributed by atoms with van der Waals surface area (Å²) >= 11 is 0. The van der Waals surface area contributed by atoms with Crippen LogP contribution in [0.15, 0.2) is 0 Å². The molecule has 0 aliphatic carbocycles. The van der Waals surface area contributed by atoms with Gasteiger partial charge in [0.05, 0.1) is 23.9 Å².